The second kappa shape index (κ2) is 7.98. The number of benzene rings is 2. The molecule has 0 bridgehead atoms. The van der Waals surface area contributed by atoms with Gasteiger partial charge < -0.3 is 15.5 Å². The fraction of sp³-hybridized carbons (Fsp3) is 0.222. The van der Waals surface area contributed by atoms with E-state index < -0.39 is 6.03 Å². The summed E-state index contributed by atoms with van der Waals surface area (Å²) in [5.41, 5.74) is 1.74. The van der Waals surface area contributed by atoms with E-state index in [0.29, 0.717) is 5.69 Å². The van der Waals surface area contributed by atoms with E-state index in [2.05, 4.69) is 10.6 Å². The van der Waals surface area contributed by atoms with E-state index in [-0.39, 0.29) is 18.5 Å². The molecule has 23 heavy (non-hydrogen) atoms. The number of amides is 3. The Balaban J connectivity index is 1.83. The van der Waals surface area contributed by atoms with Crippen LogP contribution in [0.15, 0.2) is 60.7 Å². The summed E-state index contributed by atoms with van der Waals surface area (Å²) in [6.45, 7) is 1.91. The molecule has 0 aliphatic rings. The summed E-state index contributed by atoms with van der Waals surface area (Å²) in [4.78, 5) is 25.6. The van der Waals surface area contributed by atoms with Crippen LogP contribution in [0.5, 0.6) is 0 Å². The van der Waals surface area contributed by atoms with Gasteiger partial charge in [0, 0.05) is 12.7 Å². The van der Waals surface area contributed by atoms with Gasteiger partial charge in [-0.15, -0.1) is 0 Å². The maximum Gasteiger partial charge on any atom is 0.319 e. The van der Waals surface area contributed by atoms with E-state index in [1.54, 1.807) is 24.1 Å². The molecule has 0 spiro atoms. The fourth-order valence-corrected chi connectivity index (χ4v) is 2.15. The van der Waals surface area contributed by atoms with Crippen LogP contribution in [-0.2, 0) is 4.79 Å². The Hall–Kier alpha value is -2.82. The van der Waals surface area contributed by atoms with Crippen LogP contribution in [0.4, 0.5) is 10.5 Å². The number of hydrogen-bond donors (Lipinski definition) is 2. The highest BCUT2D eigenvalue weighted by atomic mass is 16.2. The molecule has 5 heteroatoms. The number of rotatable bonds is 5. The lowest BCUT2D eigenvalue weighted by atomic mass is 10.1. The monoisotopic (exact) mass is 311 g/mol. The Morgan fingerprint density at radius 1 is 1.00 bits per heavy atom. The van der Waals surface area contributed by atoms with Crippen LogP contribution in [0.2, 0.25) is 0 Å². The first kappa shape index (κ1) is 16.5. The number of anilines is 1. The van der Waals surface area contributed by atoms with Crippen LogP contribution >= 0.6 is 0 Å². The molecule has 1 atom stereocenters. The minimum absolute atomic E-state index is 0.0493. The number of carbonyl (C=O) groups is 2. The molecule has 2 N–H and O–H groups in total. The third-order valence-corrected chi connectivity index (χ3v) is 3.69. The van der Waals surface area contributed by atoms with Crippen molar-refractivity contribution in [3.63, 3.8) is 0 Å². The van der Waals surface area contributed by atoms with Crippen LogP contribution in [0.25, 0.3) is 0 Å². The molecule has 0 aromatic heterocycles. The minimum atomic E-state index is -0.398. The molecule has 3 amide bonds. The lowest BCUT2D eigenvalue weighted by Gasteiger charge is -2.25. The molecule has 2 aromatic rings. The van der Waals surface area contributed by atoms with Gasteiger partial charge in [0.15, 0.2) is 0 Å². The summed E-state index contributed by atoms with van der Waals surface area (Å²) < 4.78 is 0. The van der Waals surface area contributed by atoms with E-state index in [1.165, 1.54) is 0 Å². The van der Waals surface area contributed by atoms with Gasteiger partial charge in [-0.2, -0.15) is 0 Å². The molecular formula is C18H21N3O2. The zero-order chi connectivity index (χ0) is 16.7. The molecule has 120 valence electrons. The van der Waals surface area contributed by atoms with Crippen molar-refractivity contribution in [2.24, 2.45) is 0 Å². The maximum absolute atomic E-state index is 12.2. The Bertz CT molecular complexity index is 644. The number of hydrogen-bond acceptors (Lipinski definition) is 2. The highest BCUT2D eigenvalue weighted by molar-refractivity contribution is 5.92. The molecule has 0 saturated heterocycles. The van der Waals surface area contributed by atoms with Crippen molar-refractivity contribution in [1.29, 1.82) is 0 Å². The zero-order valence-electron chi connectivity index (χ0n) is 13.3. The molecule has 0 radical (unpaired) electrons. The van der Waals surface area contributed by atoms with Gasteiger partial charge >= 0.3 is 6.03 Å². The SMILES string of the molecule is C[C@@H](c1ccccc1)N(C)C(=O)CNC(=O)Nc1ccccc1. The molecule has 2 rings (SSSR count). The first-order valence-electron chi connectivity index (χ1n) is 7.48. The minimum Gasteiger partial charge on any atom is -0.337 e. The highest BCUT2D eigenvalue weighted by Crippen LogP contribution is 2.17. The normalized spacial score (nSPS) is 11.4. The maximum atomic E-state index is 12.2. The van der Waals surface area contributed by atoms with Crippen molar-refractivity contribution in [2.45, 2.75) is 13.0 Å². The quantitative estimate of drug-likeness (QED) is 0.891. The lowest BCUT2D eigenvalue weighted by molar-refractivity contribution is -0.130. The largest absolute Gasteiger partial charge is 0.337 e. The molecule has 2 aromatic carbocycles. The number of carbonyl (C=O) groups excluding carboxylic acids is 2. The van der Waals surface area contributed by atoms with Crippen molar-refractivity contribution in [1.82, 2.24) is 10.2 Å². The molecule has 0 heterocycles. The number of urea groups is 1. The first-order valence-corrected chi connectivity index (χ1v) is 7.48. The summed E-state index contributed by atoms with van der Waals surface area (Å²) >= 11 is 0. The average molecular weight is 311 g/mol. The molecule has 0 saturated carbocycles. The average Bonchev–Trinajstić information content (AvgIpc) is 2.60. The van der Waals surface area contributed by atoms with E-state index in [1.807, 2.05) is 55.5 Å². The summed E-state index contributed by atoms with van der Waals surface area (Å²) in [5.74, 6) is -0.149. The second-order valence-corrected chi connectivity index (χ2v) is 5.27. The van der Waals surface area contributed by atoms with Gasteiger partial charge in [0.2, 0.25) is 5.91 Å². The smallest absolute Gasteiger partial charge is 0.319 e. The fourth-order valence-electron chi connectivity index (χ4n) is 2.15. The molecular weight excluding hydrogens is 290 g/mol. The van der Waals surface area contributed by atoms with Crippen molar-refractivity contribution in [3.05, 3.63) is 66.2 Å². The topological polar surface area (TPSA) is 61.4 Å². The van der Waals surface area contributed by atoms with E-state index in [9.17, 15) is 9.59 Å². The van der Waals surface area contributed by atoms with E-state index >= 15 is 0 Å². The summed E-state index contributed by atoms with van der Waals surface area (Å²) in [7, 11) is 1.73. The van der Waals surface area contributed by atoms with Gasteiger partial charge in [0.05, 0.1) is 12.6 Å². The third kappa shape index (κ3) is 4.85. The number of para-hydroxylation sites is 1. The van der Waals surface area contributed by atoms with E-state index in [0.717, 1.165) is 5.56 Å². The van der Waals surface area contributed by atoms with Gasteiger partial charge in [0.25, 0.3) is 0 Å². The standard InChI is InChI=1S/C18H21N3O2/c1-14(15-9-5-3-6-10-15)21(2)17(22)13-19-18(23)20-16-11-7-4-8-12-16/h3-12,14H,13H2,1-2H3,(H2,19,20,23)/t14-/m0/s1. The first-order chi connectivity index (χ1) is 11.1. The van der Waals surface area contributed by atoms with Crippen molar-refractivity contribution < 1.29 is 9.59 Å². The Morgan fingerprint density at radius 2 is 1.57 bits per heavy atom. The van der Waals surface area contributed by atoms with Crippen LogP contribution in [0, 0.1) is 0 Å². The molecule has 0 unspecified atom stereocenters. The highest BCUT2D eigenvalue weighted by Gasteiger charge is 2.17. The summed E-state index contributed by atoms with van der Waals surface area (Å²) in [6, 6.07) is 18.4. The Kier molecular flexibility index (Phi) is 5.74. The van der Waals surface area contributed by atoms with Crippen molar-refractivity contribution >= 4 is 17.6 Å². The number of nitrogens with zero attached hydrogens (tertiary/aromatic N) is 1. The summed E-state index contributed by atoms with van der Waals surface area (Å²) in [5, 5.41) is 5.25. The third-order valence-electron chi connectivity index (χ3n) is 3.69. The van der Waals surface area contributed by atoms with Crippen LogP contribution in [0.1, 0.15) is 18.5 Å². The predicted molar refractivity (Wildman–Crippen MR) is 91.1 cm³/mol. The number of likely N-dealkylation sites (N-methyl/N-ethyl adjacent to an activating group) is 1. The molecule has 5 nitrogen and oxygen atoms in total. The Labute approximate surface area is 136 Å². The van der Waals surface area contributed by atoms with Crippen molar-refractivity contribution in [3.8, 4) is 0 Å². The van der Waals surface area contributed by atoms with Gasteiger partial charge in [-0.25, -0.2) is 4.79 Å². The van der Waals surface area contributed by atoms with Crippen LogP contribution in [-0.4, -0.2) is 30.4 Å². The van der Waals surface area contributed by atoms with E-state index in [4.69, 9.17) is 0 Å². The lowest BCUT2D eigenvalue weighted by Crippen LogP contribution is -2.40. The second-order valence-electron chi connectivity index (χ2n) is 5.27. The van der Waals surface area contributed by atoms with Crippen molar-refractivity contribution in [2.75, 3.05) is 18.9 Å². The Morgan fingerprint density at radius 3 is 2.17 bits per heavy atom. The van der Waals surface area contributed by atoms with Gasteiger partial charge in [-0.3, -0.25) is 4.79 Å². The zero-order valence-corrected chi connectivity index (χ0v) is 13.3. The molecule has 0 aliphatic carbocycles. The van der Waals surface area contributed by atoms with Crippen LogP contribution in [0.3, 0.4) is 0 Å². The molecule has 0 fully saturated rings. The molecule has 0 aliphatic heterocycles. The van der Waals surface area contributed by atoms with Gasteiger partial charge in [0.1, 0.15) is 0 Å². The summed E-state index contributed by atoms with van der Waals surface area (Å²) in [6.07, 6.45) is 0. The number of nitrogens with one attached hydrogen (secondary N) is 2. The van der Waals surface area contributed by atoms with Crippen LogP contribution < -0.4 is 10.6 Å². The predicted octanol–water partition coefficient (Wildman–Crippen LogP) is 3.03. The van der Waals surface area contributed by atoms with Gasteiger partial charge in [-0.1, -0.05) is 48.5 Å². The van der Waals surface area contributed by atoms with Gasteiger partial charge in [-0.05, 0) is 24.6 Å².